The average molecular weight is 185 g/mol. The highest BCUT2D eigenvalue weighted by Crippen LogP contribution is 2.08. The van der Waals surface area contributed by atoms with Crippen LogP contribution in [0.5, 0.6) is 0 Å². The number of imidazole rings is 1. The smallest absolute Gasteiger partial charge is 0.183 e. The molecule has 5 heteroatoms. The van der Waals surface area contributed by atoms with Crippen LogP contribution < -0.4 is 0 Å². The Morgan fingerprint density at radius 1 is 1.50 bits per heavy atom. The van der Waals surface area contributed by atoms with Crippen molar-refractivity contribution in [2.24, 2.45) is 0 Å². The van der Waals surface area contributed by atoms with E-state index in [9.17, 15) is 0 Å². The Morgan fingerprint density at radius 3 is 3.00 bits per heavy atom. The minimum absolute atomic E-state index is 0.300. The van der Waals surface area contributed by atoms with E-state index in [0.717, 1.165) is 5.69 Å². The first-order chi connectivity index (χ1) is 6.81. The van der Waals surface area contributed by atoms with Gasteiger partial charge in [-0.05, 0) is 6.92 Å². The van der Waals surface area contributed by atoms with Crippen LogP contribution in [-0.2, 0) is 0 Å². The lowest BCUT2D eigenvalue weighted by Gasteiger charge is -2.02. The van der Waals surface area contributed by atoms with E-state index in [2.05, 4.69) is 15.0 Å². The molecule has 0 aromatic carbocycles. The maximum atomic E-state index is 8.82. The first-order valence-corrected chi connectivity index (χ1v) is 4.03. The molecular formula is C9H7N5. The van der Waals surface area contributed by atoms with Crippen molar-refractivity contribution in [3.63, 3.8) is 0 Å². The lowest BCUT2D eigenvalue weighted by Crippen LogP contribution is -2.02. The zero-order valence-electron chi connectivity index (χ0n) is 7.55. The second-order valence-corrected chi connectivity index (χ2v) is 2.77. The van der Waals surface area contributed by atoms with Gasteiger partial charge in [0, 0.05) is 18.6 Å². The molecule has 2 rings (SSSR count). The quantitative estimate of drug-likeness (QED) is 0.660. The van der Waals surface area contributed by atoms with Gasteiger partial charge in [0.2, 0.25) is 0 Å². The SMILES string of the molecule is Cc1cnc(C#N)c(-n2ccnc2)n1. The van der Waals surface area contributed by atoms with Crippen LogP contribution in [0.2, 0.25) is 0 Å². The zero-order valence-corrected chi connectivity index (χ0v) is 7.55. The summed E-state index contributed by atoms with van der Waals surface area (Å²) in [4.78, 5) is 12.1. The predicted molar refractivity (Wildman–Crippen MR) is 48.6 cm³/mol. The second-order valence-electron chi connectivity index (χ2n) is 2.77. The van der Waals surface area contributed by atoms with Gasteiger partial charge in [0.05, 0.1) is 5.69 Å². The van der Waals surface area contributed by atoms with Gasteiger partial charge >= 0.3 is 0 Å². The summed E-state index contributed by atoms with van der Waals surface area (Å²) in [7, 11) is 0. The molecule has 2 aromatic rings. The van der Waals surface area contributed by atoms with Crippen LogP contribution in [0.1, 0.15) is 11.4 Å². The summed E-state index contributed by atoms with van der Waals surface area (Å²) in [6.07, 6.45) is 6.51. The third kappa shape index (κ3) is 1.33. The van der Waals surface area contributed by atoms with E-state index in [-0.39, 0.29) is 0 Å². The van der Waals surface area contributed by atoms with E-state index in [1.54, 1.807) is 29.5 Å². The molecule has 68 valence electrons. The molecule has 2 heterocycles. The summed E-state index contributed by atoms with van der Waals surface area (Å²) in [5.74, 6) is 0.519. The molecule has 0 aliphatic heterocycles. The van der Waals surface area contributed by atoms with Crippen molar-refractivity contribution in [1.82, 2.24) is 19.5 Å². The van der Waals surface area contributed by atoms with Crippen molar-refractivity contribution in [1.29, 1.82) is 5.26 Å². The van der Waals surface area contributed by atoms with Crippen molar-refractivity contribution in [3.8, 4) is 11.9 Å². The minimum Gasteiger partial charge on any atom is -0.288 e. The molecule has 0 aliphatic rings. The van der Waals surface area contributed by atoms with Gasteiger partial charge in [0.1, 0.15) is 12.4 Å². The lowest BCUT2D eigenvalue weighted by molar-refractivity contribution is 0.938. The van der Waals surface area contributed by atoms with Crippen LogP contribution in [0.15, 0.2) is 24.9 Å². The lowest BCUT2D eigenvalue weighted by atomic mass is 10.4. The monoisotopic (exact) mass is 185 g/mol. The number of nitrogens with zero attached hydrogens (tertiary/aromatic N) is 5. The summed E-state index contributed by atoms with van der Waals surface area (Å²) in [6.45, 7) is 1.83. The van der Waals surface area contributed by atoms with E-state index in [4.69, 9.17) is 5.26 Å². The van der Waals surface area contributed by atoms with Crippen LogP contribution in [-0.4, -0.2) is 19.5 Å². The molecule has 14 heavy (non-hydrogen) atoms. The van der Waals surface area contributed by atoms with Gasteiger partial charge in [0.25, 0.3) is 0 Å². The normalized spacial score (nSPS) is 9.71. The predicted octanol–water partition coefficient (Wildman–Crippen LogP) is 0.842. The molecule has 0 aliphatic carbocycles. The molecule has 0 fully saturated rings. The van der Waals surface area contributed by atoms with Crippen LogP contribution in [0.25, 0.3) is 5.82 Å². The fraction of sp³-hybridized carbons (Fsp3) is 0.111. The largest absolute Gasteiger partial charge is 0.288 e. The highest BCUT2D eigenvalue weighted by Gasteiger charge is 2.06. The molecule has 2 aromatic heterocycles. The van der Waals surface area contributed by atoms with Crippen LogP contribution in [0.3, 0.4) is 0 Å². The van der Waals surface area contributed by atoms with Crippen LogP contribution >= 0.6 is 0 Å². The molecular weight excluding hydrogens is 178 g/mol. The molecule has 0 radical (unpaired) electrons. The van der Waals surface area contributed by atoms with Crippen molar-refractivity contribution in [3.05, 3.63) is 36.3 Å². The standard InChI is InChI=1S/C9H7N5/c1-7-5-12-8(4-10)9(13-7)14-3-2-11-6-14/h2-3,5-6H,1H3. The van der Waals surface area contributed by atoms with E-state index in [0.29, 0.717) is 11.5 Å². The van der Waals surface area contributed by atoms with E-state index >= 15 is 0 Å². The van der Waals surface area contributed by atoms with Gasteiger partial charge in [-0.15, -0.1) is 0 Å². The van der Waals surface area contributed by atoms with Crippen molar-refractivity contribution >= 4 is 0 Å². The first kappa shape index (κ1) is 8.38. The van der Waals surface area contributed by atoms with E-state index in [1.807, 2.05) is 13.0 Å². The molecule has 5 nitrogen and oxygen atoms in total. The highest BCUT2D eigenvalue weighted by atomic mass is 15.1. The Labute approximate surface area is 80.7 Å². The molecule has 0 saturated carbocycles. The Balaban J connectivity index is 2.63. The summed E-state index contributed by atoms with van der Waals surface area (Å²) < 4.78 is 1.67. The molecule has 0 unspecified atom stereocenters. The molecule has 0 bridgehead atoms. The topological polar surface area (TPSA) is 67.4 Å². The van der Waals surface area contributed by atoms with Gasteiger partial charge in [-0.3, -0.25) is 4.57 Å². The number of aromatic nitrogens is 4. The van der Waals surface area contributed by atoms with Gasteiger partial charge < -0.3 is 0 Å². The Hall–Kier alpha value is -2.22. The van der Waals surface area contributed by atoms with Gasteiger partial charge in [-0.2, -0.15) is 5.26 Å². The number of rotatable bonds is 1. The fourth-order valence-corrected chi connectivity index (χ4v) is 1.11. The molecule has 0 N–H and O–H groups in total. The average Bonchev–Trinajstić information content (AvgIpc) is 2.70. The Bertz CT molecular complexity index is 480. The van der Waals surface area contributed by atoms with Gasteiger partial charge in [-0.1, -0.05) is 0 Å². The summed E-state index contributed by atoms with van der Waals surface area (Å²) >= 11 is 0. The van der Waals surface area contributed by atoms with Crippen LogP contribution in [0, 0.1) is 18.3 Å². The Morgan fingerprint density at radius 2 is 2.36 bits per heavy atom. The molecule has 0 saturated heterocycles. The zero-order chi connectivity index (χ0) is 9.97. The second kappa shape index (κ2) is 3.26. The highest BCUT2D eigenvalue weighted by molar-refractivity contribution is 5.38. The summed E-state index contributed by atoms with van der Waals surface area (Å²) in [5.41, 5.74) is 1.07. The van der Waals surface area contributed by atoms with Gasteiger partial charge in [-0.25, -0.2) is 15.0 Å². The van der Waals surface area contributed by atoms with Crippen molar-refractivity contribution in [2.75, 3.05) is 0 Å². The van der Waals surface area contributed by atoms with E-state index in [1.165, 1.54) is 0 Å². The number of hydrogen-bond donors (Lipinski definition) is 0. The van der Waals surface area contributed by atoms with Gasteiger partial charge in [0.15, 0.2) is 11.5 Å². The molecule has 0 amide bonds. The van der Waals surface area contributed by atoms with Crippen molar-refractivity contribution < 1.29 is 0 Å². The number of nitriles is 1. The number of hydrogen-bond acceptors (Lipinski definition) is 4. The molecule has 0 atom stereocenters. The fourth-order valence-electron chi connectivity index (χ4n) is 1.11. The summed E-state index contributed by atoms with van der Waals surface area (Å²) in [5, 5.41) is 8.82. The first-order valence-electron chi connectivity index (χ1n) is 4.03. The maximum absolute atomic E-state index is 8.82. The van der Waals surface area contributed by atoms with Crippen molar-refractivity contribution in [2.45, 2.75) is 6.92 Å². The number of aryl methyl sites for hydroxylation is 1. The van der Waals surface area contributed by atoms with E-state index < -0.39 is 0 Å². The maximum Gasteiger partial charge on any atom is 0.183 e. The minimum atomic E-state index is 0.300. The Kier molecular flexibility index (Phi) is 1.95. The third-order valence-electron chi connectivity index (χ3n) is 1.73. The summed E-state index contributed by atoms with van der Waals surface area (Å²) in [6, 6.07) is 1.99. The van der Waals surface area contributed by atoms with Crippen LogP contribution in [0.4, 0.5) is 0 Å². The third-order valence-corrected chi connectivity index (χ3v) is 1.73. The molecule has 0 spiro atoms.